The number of nitrogens with one attached hydrogen (secondary N) is 1. The van der Waals surface area contributed by atoms with Gasteiger partial charge in [0.1, 0.15) is 11.6 Å². The quantitative estimate of drug-likeness (QED) is 0.650. The Kier molecular flexibility index (Phi) is 3.43. The van der Waals surface area contributed by atoms with Crippen molar-refractivity contribution < 1.29 is 8.78 Å². The molecule has 1 aliphatic carbocycles. The van der Waals surface area contributed by atoms with E-state index in [4.69, 9.17) is 5.84 Å². The molecule has 0 radical (unpaired) electrons. The highest BCUT2D eigenvalue weighted by Gasteiger charge is 2.66. The topological polar surface area (TPSA) is 38.0 Å². The summed E-state index contributed by atoms with van der Waals surface area (Å²) in [5.74, 6) is 4.94. The van der Waals surface area contributed by atoms with Crippen molar-refractivity contribution in [3.8, 4) is 0 Å². The maximum absolute atomic E-state index is 13.2. The van der Waals surface area contributed by atoms with Crippen molar-refractivity contribution in [2.75, 3.05) is 0 Å². The molecule has 2 rings (SSSR count). The molecule has 1 unspecified atom stereocenters. The summed E-state index contributed by atoms with van der Waals surface area (Å²) in [5.41, 5.74) is 3.81. The van der Waals surface area contributed by atoms with Gasteiger partial charge in [0.05, 0.1) is 0 Å². The molecule has 19 heavy (non-hydrogen) atoms. The van der Waals surface area contributed by atoms with Crippen molar-refractivity contribution in [1.82, 2.24) is 5.43 Å². The van der Waals surface area contributed by atoms with Gasteiger partial charge in [-0.15, -0.1) is 0 Å². The molecular formula is C15H22F2N2. The molecule has 4 heteroatoms. The SMILES string of the molecule is CC1(C)C(C(Cc2cc(F)cc(F)c2)NN)C1(C)C. The average Bonchev–Trinajstić information content (AvgIpc) is 2.65. The number of rotatable bonds is 4. The lowest BCUT2D eigenvalue weighted by molar-refractivity contribution is 0.401. The van der Waals surface area contributed by atoms with Crippen LogP contribution in [0.2, 0.25) is 0 Å². The molecule has 106 valence electrons. The molecule has 1 aliphatic rings. The van der Waals surface area contributed by atoms with Crippen LogP contribution in [-0.2, 0) is 6.42 Å². The van der Waals surface area contributed by atoms with E-state index in [9.17, 15) is 8.78 Å². The summed E-state index contributed by atoms with van der Waals surface area (Å²) in [6, 6.07) is 3.65. The number of halogens is 2. The fourth-order valence-corrected chi connectivity index (χ4v) is 3.51. The van der Waals surface area contributed by atoms with Gasteiger partial charge in [-0.2, -0.15) is 0 Å². The predicted molar refractivity (Wildman–Crippen MR) is 72.2 cm³/mol. The summed E-state index contributed by atoms with van der Waals surface area (Å²) in [7, 11) is 0. The third-order valence-corrected chi connectivity index (χ3v) is 5.13. The Balaban J connectivity index is 2.17. The Morgan fingerprint density at radius 2 is 1.58 bits per heavy atom. The van der Waals surface area contributed by atoms with E-state index in [0.29, 0.717) is 17.9 Å². The summed E-state index contributed by atoms with van der Waals surface area (Å²) in [6.07, 6.45) is 0.530. The van der Waals surface area contributed by atoms with E-state index in [1.807, 2.05) is 0 Å². The van der Waals surface area contributed by atoms with Crippen LogP contribution in [0, 0.1) is 28.4 Å². The van der Waals surface area contributed by atoms with Gasteiger partial charge in [0.15, 0.2) is 0 Å². The molecule has 0 bridgehead atoms. The van der Waals surface area contributed by atoms with Gasteiger partial charge in [-0.1, -0.05) is 27.7 Å². The monoisotopic (exact) mass is 268 g/mol. The summed E-state index contributed by atoms with van der Waals surface area (Å²) in [6.45, 7) is 8.81. The minimum absolute atomic E-state index is 0.0196. The van der Waals surface area contributed by atoms with Gasteiger partial charge in [-0.05, 0) is 40.9 Å². The zero-order chi connectivity index (χ0) is 14.4. The number of hydrogen-bond acceptors (Lipinski definition) is 2. The second kappa shape index (κ2) is 4.53. The van der Waals surface area contributed by atoms with Crippen LogP contribution < -0.4 is 11.3 Å². The summed E-state index contributed by atoms with van der Waals surface area (Å²) in [4.78, 5) is 0. The molecule has 3 N–H and O–H groups in total. The van der Waals surface area contributed by atoms with Gasteiger partial charge in [-0.3, -0.25) is 11.3 Å². The first-order chi connectivity index (χ1) is 8.70. The maximum Gasteiger partial charge on any atom is 0.126 e. The van der Waals surface area contributed by atoms with Crippen LogP contribution in [0.25, 0.3) is 0 Å². The minimum atomic E-state index is -0.542. The van der Waals surface area contributed by atoms with Crippen molar-refractivity contribution in [3.63, 3.8) is 0 Å². The first kappa shape index (κ1) is 14.4. The Bertz CT molecular complexity index is 449. The van der Waals surface area contributed by atoms with E-state index in [0.717, 1.165) is 6.07 Å². The molecule has 1 saturated carbocycles. The van der Waals surface area contributed by atoms with Gasteiger partial charge in [0.25, 0.3) is 0 Å². The molecule has 2 nitrogen and oxygen atoms in total. The molecular weight excluding hydrogens is 246 g/mol. The van der Waals surface area contributed by atoms with Crippen LogP contribution in [0.4, 0.5) is 8.78 Å². The van der Waals surface area contributed by atoms with E-state index in [1.54, 1.807) is 0 Å². The summed E-state index contributed by atoms with van der Waals surface area (Å²) < 4.78 is 26.4. The number of nitrogens with two attached hydrogens (primary N) is 1. The minimum Gasteiger partial charge on any atom is -0.271 e. The Hall–Kier alpha value is -1.00. The van der Waals surface area contributed by atoms with Crippen LogP contribution >= 0.6 is 0 Å². The van der Waals surface area contributed by atoms with Crippen LogP contribution in [-0.4, -0.2) is 6.04 Å². The molecule has 0 aliphatic heterocycles. The fraction of sp³-hybridized carbons (Fsp3) is 0.600. The fourth-order valence-electron chi connectivity index (χ4n) is 3.51. The number of hydrogen-bond donors (Lipinski definition) is 2. The first-order valence-electron chi connectivity index (χ1n) is 6.61. The van der Waals surface area contributed by atoms with Gasteiger partial charge in [0.2, 0.25) is 0 Å². The first-order valence-corrected chi connectivity index (χ1v) is 6.61. The zero-order valence-electron chi connectivity index (χ0n) is 11.9. The van der Waals surface area contributed by atoms with Crippen molar-refractivity contribution in [2.45, 2.75) is 40.2 Å². The van der Waals surface area contributed by atoms with Crippen molar-refractivity contribution in [2.24, 2.45) is 22.6 Å². The van der Waals surface area contributed by atoms with E-state index >= 15 is 0 Å². The standard InChI is InChI=1S/C15H22F2N2/c1-14(2)13(15(14,3)4)12(19-18)7-9-5-10(16)8-11(17)6-9/h5-6,8,12-13,19H,7,18H2,1-4H3. The molecule has 1 atom stereocenters. The highest BCUT2D eigenvalue weighted by Crippen LogP contribution is 2.69. The lowest BCUT2D eigenvalue weighted by atomic mass is 9.97. The molecule has 0 amide bonds. The smallest absolute Gasteiger partial charge is 0.126 e. The zero-order valence-corrected chi connectivity index (χ0v) is 11.9. The van der Waals surface area contributed by atoms with Gasteiger partial charge < -0.3 is 0 Å². The third kappa shape index (κ3) is 2.39. The van der Waals surface area contributed by atoms with Crippen molar-refractivity contribution in [3.05, 3.63) is 35.4 Å². The van der Waals surface area contributed by atoms with Gasteiger partial charge in [0, 0.05) is 12.1 Å². The van der Waals surface area contributed by atoms with E-state index in [2.05, 4.69) is 33.1 Å². The lowest BCUT2D eigenvalue weighted by Gasteiger charge is -2.18. The Morgan fingerprint density at radius 1 is 1.11 bits per heavy atom. The summed E-state index contributed by atoms with van der Waals surface area (Å²) in [5, 5.41) is 0. The van der Waals surface area contributed by atoms with E-state index < -0.39 is 11.6 Å². The van der Waals surface area contributed by atoms with Crippen LogP contribution in [0.15, 0.2) is 18.2 Å². The Morgan fingerprint density at radius 3 is 1.95 bits per heavy atom. The largest absolute Gasteiger partial charge is 0.271 e. The van der Waals surface area contributed by atoms with E-state index in [-0.39, 0.29) is 16.9 Å². The molecule has 1 fully saturated rings. The summed E-state index contributed by atoms with van der Waals surface area (Å²) >= 11 is 0. The lowest BCUT2D eigenvalue weighted by Crippen LogP contribution is -2.40. The number of benzene rings is 1. The average molecular weight is 268 g/mol. The number of hydrazine groups is 1. The molecule has 0 heterocycles. The van der Waals surface area contributed by atoms with Crippen molar-refractivity contribution >= 4 is 0 Å². The highest BCUT2D eigenvalue weighted by atomic mass is 19.1. The predicted octanol–water partition coefficient (Wildman–Crippen LogP) is 3.02. The third-order valence-electron chi connectivity index (χ3n) is 5.13. The Labute approximate surface area is 113 Å². The van der Waals surface area contributed by atoms with Crippen LogP contribution in [0.3, 0.4) is 0 Å². The second-order valence-electron chi connectivity index (χ2n) is 6.68. The van der Waals surface area contributed by atoms with Gasteiger partial charge in [-0.25, -0.2) is 8.78 Å². The molecule has 0 saturated heterocycles. The maximum atomic E-state index is 13.2. The van der Waals surface area contributed by atoms with Crippen molar-refractivity contribution in [1.29, 1.82) is 0 Å². The van der Waals surface area contributed by atoms with Crippen LogP contribution in [0.1, 0.15) is 33.3 Å². The van der Waals surface area contributed by atoms with Gasteiger partial charge >= 0.3 is 0 Å². The molecule has 0 spiro atoms. The highest BCUT2D eigenvalue weighted by molar-refractivity contribution is 5.23. The second-order valence-corrected chi connectivity index (χ2v) is 6.68. The van der Waals surface area contributed by atoms with Crippen LogP contribution in [0.5, 0.6) is 0 Å². The normalized spacial score (nSPS) is 22.3. The van der Waals surface area contributed by atoms with E-state index in [1.165, 1.54) is 12.1 Å². The molecule has 1 aromatic carbocycles. The molecule has 0 aromatic heterocycles. The molecule has 1 aromatic rings.